The van der Waals surface area contributed by atoms with Gasteiger partial charge in [0.25, 0.3) is 0 Å². The van der Waals surface area contributed by atoms with Gasteiger partial charge in [-0.05, 0) is 94.1 Å². The van der Waals surface area contributed by atoms with Crippen LogP contribution < -0.4 is 0 Å². The van der Waals surface area contributed by atoms with Gasteiger partial charge in [-0.15, -0.1) is 11.3 Å². The van der Waals surface area contributed by atoms with Crippen LogP contribution in [-0.4, -0.2) is 73.0 Å². The molecule has 318 valence electrons. The van der Waals surface area contributed by atoms with Crippen LogP contribution in [0.25, 0.3) is 6.08 Å². The van der Waals surface area contributed by atoms with E-state index in [9.17, 15) is 9.59 Å². The van der Waals surface area contributed by atoms with E-state index >= 15 is 4.39 Å². The molecule has 1 aromatic rings. The van der Waals surface area contributed by atoms with Crippen LogP contribution in [0.2, 0.25) is 54.4 Å². The number of Topliss-reactive ketones (excluding diaryl/α,β-unsaturated/α-hetero) is 1. The minimum atomic E-state index is -2.34. The molecule has 0 unspecified atom stereocenters. The van der Waals surface area contributed by atoms with Gasteiger partial charge >= 0.3 is 0 Å². The summed E-state index contributed by atoms with van der Waals surface area (Å²) in [5.74, 6) is -0.831. The Morgan fingerprint density at radius 1 is 0.836 bits per heavy atom. The number of nitrogens with zero attached hydrogens (tertiary/aromatic N) is 1. The summed E-state index contributed by atoms with van der Waals surface area (Å²) in [6.07, 6.45) is 3.46. The number of aldehydes is 1. The summed E-state index contributed by atoms with van der Waals surface area (Å²) in [6, 6.07) is 0. The molecule has 0 saturated heterocycles. The molecule has 1 aromatic heterocycles. The third-order valence-corrected chi connectivity index (χ3v) is 26.9. The van der Waals surface area contributed by atoms with Crippen molar-refractivity contribution in [1.82, 2.24) is 4.98 Å². The van der Waals surface area contributed by atoms with Gasteiger partial charge in [0, 0.05) is 23.1 Å². The summed E-state index contributed by atoms with van der Waals surface area (Å²) in [5.41, 5.74) is 0.745. The highest BCUT2D eigenvalue weighted by atomic mass is 32.1. The van der Waals surface area contributed by atoms with Gasteiger partial charge in [-0.2, -0.15) is 0 Å². The topological polar surface area (TPSA) is 84.0 Å². The lowest BCUT2D eigenvalue weighted by molar-refractivity contribution is -0.143. The summed E-state index contributed by atoms with van der Waals surface area (Å²) < 4.78 is 42.8. The molecular formula is C43H80FNO6SSi3. The Bertz CT molecular complexity index is 1470. The van der Waals surface area contributed by atoms with Gasteiger partial charge in [0.2, 0.25) is 0 Å². The van der Waals surface area contributed by atoms with Crippen molar-refractivity contribution in [1.29, 1.82) is 0 Å². The number of ketones is 1. The Hall–Kier alpha value is -1.13. The lowest BCUT2D eigenvalue weighted by Crippen LogP contribution is -2.55. The van der Waals surface area contributed by atoms with Gasteiger partial charge in [0.05, 0.1) is 35.6 Å². The van der Waals surface area contributed by atoms with Gasteiger partial charge < -0.3 is 22.8 Å². The molecule has 12 heteroatoms. The predicted molar refractivity (Wildman–Crippen MR) is 239 cm³/mol. The Labute approximate surface area is 343 Å². The fourth-order valence-corrected chi connectivity index (χ4v) is 10.2. The number of hydrogen-bond donors (Lipinski definition) is 0. The standard InChI is InChI=1S/C43H80FNO6SSi3/c1-30(22-23-36(49-53(16,17)40(5,6)7)35(44)28-34-29-52-33(4)45-34)25-27-48-32(3)38(51-55(20,21)42(11,12)13)31(2)39(47)43(14,15)37(24-26-46)50-54(18,19)41(8,9)10/h22,26,28-29,31-32,36-38H,23-25,27H2,1-21H3/b30-22+,35-28+/t31-,32-,36+,37+,38+/m1/s1. The monoisotopic (exact) mass is 841 g/mol. The van der Waals surface area contributed by atoms with Crippen molar-refractivity contribution < 1.29 is 32.0 Å². The molecule has 55 heavy (non-hydrogen) atoms. The van der Waals surface area contributed by atoms with Crippen LogP contribution in [0.3, 0.4) is 0 Å². The van der Waals surface area contributed by atoms with Crippen LogP contribution in [0.1, 0.15) is 127 Å². The molecule has 7 nitrogen and oxygen atoms in total. The first-order chi connectivity index (χ1) is 24.6. The second-order valence-corrected chi connectivity index (χ2v) is 36.1. The molecule has 0 bridgehead atoms. The van der Waals surface area contributed by atoms with E-state index in [1.54, 1.807) is 0 Å². The first-order valence-electron chi connectivity index (χ1n) is 20.2. The van der Waals surface area contributed by atoms with Crippen molar-refractivity contribution in [3.63, 3.8) is 0 Å². The number of aryl methyl sites for hydroxylation is 1. The quantitative estimate of drug-likeness (QED) is 0.0692. The second-order valence-electron chi connectivity index (χ2n) is 20.8. The fraction of sp³-hybridized carbons (Fsp3) is 0.791. The molecule has 0 fully saturated rings. The van der Waals surface area contributed by atoms with Gasteiger partial charge in [-0.3, -0.25) is 4.79 Å². The molecule has 0 N–H and O–H groups in total. The van der Waals surface area contributed by atoms with Gasteiger partial charge in [0.1, 0.15) is 24.0 Å². The number of halogens is 1. The molecule has 0 radical (unpaired) electrons. The highest BCUT2D eigenvalue weighted by molar-refractivity contribution is 7.09. The smallest absolute Gasteiger partial charge is 0.193 e. The largest absolute Gasteiger partial charge is 0.413 e. The number of thiazole rings is 1. The zero-order valence-corrected chi connectivity index (χ0v) is 42.5. The SMILES string of the molecule is C/C(=C\C[C@H](O[Si](C)(C)C(C)(C)C)/C(F)=C\c1csc(C)n1)CCO[C@H](C)[C@@H](O[Si](C)(C)C(C)(C)C)[C@@H](C)C(=O)C(C)(C)[C@H](CC=O)O[Si](C)(C)C(C)(C)C. The summed E-state index contributed by atoms with van der Waals surface area (Å²) in [5, 5.41) is 2.52. The zero-order valence-electron chi connectivity index (χ0n) is 38.7. The fourth-order valence-electron chi connectivity index (χ4n) is 5.47. The van der Waals surface area contributed by atoms with Gasteiger partial charge in [0.15, 0.2) is 25.0 Å². The lowest BCUT2D eigenvalue weighted by Gasteiger charge is -2.46. The van der Waals surface area contributed by atoms with Crippen LogP contribution >= 0.6 is 11.3 Å². The molecule has 0 spiro atoms. The van der Waals surface area contributed by atoms with E-state index in [2.05, 4.69) is 113 Å². The summed E-state index contributed by atoms with van der Waals surface area (Å²) >= 11 is 1.50. The summed E-state index contributed by atoms with van der Waals surface area (Å²) in [6.45, 7) is 44.6. The number of aromatic nitrogens is 1. The molecule has 0 amide bonds. The third-order valence-electron chi connectivity index (χ3n) is 12.6. The van der Waals surface area contributed by atoms with E-state index in [1.165, 1.54) is 17.4 Å². The Morgan fingerprint density at radius 3 is 1.78 bits per heavy atom. The van der Waals surface area contributed by atoms with E-state index in [-0.39, 0.29) is 39.2 Å². The van der Waals surface area contributed by atoms with Crippen molar-refractivity contribution in [3.05, 3.63) is 33.6 Å². The van der Waals surface area contributed by atoms with Crippen molar-refractivity contribution in [2.75, 3.05) is 6.61 Å². The van der Waals surface area contributed by atoms with E-state index in [0.29, 0.717) is 25.1 Å². The third kappa shape index (κ3) is 14.9. The minimum absolute atomic E-state index is 0.00367. The first-order valence-corrected chi connectivity index (χ1v) is 29.8. The van der Waals surface area contributed by atoms with Gasteiger partial charge in [-0.1, -0.05) is 94.7 Å². The van der Waals surface area contributed by atoms with Crippen LogP contribution in [-0.2, 0) is 27.6 Å². The van der Waals surface area contributed by atoms with E-state index in [4.69, 9.17) is 18.0 Å². The highest BCUT2D eigenvalue weighted by Gasteiger charge is 2.49. The second kappa shape index (κ2) is 19.7. The van der Waals surface area contributed by atoms with Gasteiger partial charge in [-0.25, -0.2) is 9.37 Å². The van der Waals surface area contributed by atoms with E-state index < -0.39 is 54.6 Å². The number of hydrogen-bond acceptors (Lipinski definition) is 8. The molecule has 1 heterocycles. The highest BCUT2D eigenvalue weighted by Crippen LogP contribution is 2.44. The molecular weight excluding hydrogens is 762 g/mol. The first kappa shape index (κ1) is 51.9. The normalized spacial score (nSPS) is 17.5. The number of ether oxygens (including phenoxy) is 1. The molecule has 0 aliphatic rings. The van der Waals surface area contributed by atoms with Crippen molar-refractivity contribution >= 4 is 54.4 Å². The maximum Gasteiger partial charge on any atom is 0.193 e. The maximum atomic E-state index is 15.9. The average molecular weight is 842 g/mol. The molecule has 0 aromatic carbocycles. The molecule has 5 atom stereocenters. The Balaban J connectivity index is 3.33. The molecule has 0 aliphatic heterocycles. The minimum Gasteiger partial charge on any atom is -0.413 e. The average Bonchev–Trinajstić information content (AvgIpc) is 3.42. The Kier molecular flexibility index (Phi) is 18.6. The number of carbonyl (C=O) groups is 2. The van der Waals surface area contributed by atoms with E-state index in [0.717, 1.165) is 16.9 Å². The van der Waals surface area contributed by atoms with Crippen LogP contribution in [0, 0.1) is 18.3 Å². The number of rotatable bonds is 21. The van der Waals surface area contributed by atoms with Crippen molar-refractivity contribution in [2.45, 2.75) is 202 Å². The molecule has 1 rings (SSSR count). The van der Waals surface area contributed by atoms with E-state index in [1.807, 2.05) is 46.9 Å². The van der Waals surface area contributed by atoms with Crippen LogP contribution in [0.4, 0.5) is 4.39 Å². The van der Waals surface area contributed by atoms with Crippen LogP contribution in [0.15, 0.2) is 22.9 Å². The van der Waals surface area contributed by atoms with Crippen molar-refractivity contribution in [3.8, 4) is 0 Å². The van der Waals surface area contributed by atoms with Crippen LogP contribution in [0.5, 0.6) is 0 Å². The zero-order chi connectivity index (χ0) is 43.2. The maximum absolute atomic E-state index is 15.9. The number of carbonyl (C=O) groups excluding carboxylic acids is 2. The lowest BCUT2D eigenvalue weighted by atomic mass is 9.74. The molecule has 0 saturated carbocycles. The predicted octanol–water partition coefficient (Wildman–Crippen LogP) is 12.9. The summed E-state index contributed by atoms with van der Waals surface area (Å²) in [7, 11) is -6.91. The summed E-state index contributed by atoms with van der Waals surface area (Å²) in [4.78, 5) is 31.0. The molecule has 0 aliphatic carbocycles. The van der Waals surface area contributed by atoms with Crippen molar-refractivity contribution in [2.24, 2.45) is 11.3 Å². The Morgan fingerprint density at radius 2 is 1.33 bits per heavy atom.